The summed E-state index contributed by atoms with van der Waals surface area (Å²) < 4.78 is 0. The monoisotopic (exact) mass is 313 g/mol. The minimum atomic E-state index is -1.28. The zero-order valence-electron chi connectivity index (χ0n) is 10.9. The van der Waals surface area contributed by atoms with Crippen molar-refractivity contribution in [2.24, 2.45) is 4.99 Å². The third-order valence-corrected chi connectivity index (χ3v) is 3.13. The highest BCUT2D eigenvalue weighted by Crippen LogP contribution is 2.23. The molecule has 0 atom stereocenters. The largest absolute Gasteiger partial charge is 0.507 e. The van der Waals surface area contributed by atoms with Crippen molar-refractivity contribution in [2.75, 3.05) is 7.05 Å². The van der Waals surface area contributed by atoms with Crippen LogP contribution in [0, 0.1) is 0 Å². The van der Waals surface area contributed by atoms with Crippen LogP contribution in [-0.2, 0) is 4.79 Å². The smallest absolute Gasteiger partial charge is 0.341 e. The van der Waals surface area contributed by atoms with Gasteiger partial charge in [0.25, 0.3) is 0 Å². The Morgan fingerprint density at radius 3 is 2.25 bits per heavy atom. The molecule has 0 saturated heterocycles. The molecule has 0 saturated carbocycles. The van der Waals surface area contributed by atoms with Gasteiger partial charge in [0.05, 0.1) is 5.03 Å². The van der Waals surface area contributed by atoms with Gasteiger partial charge < -0.3 is 10.2 Å². The summed E-state index contributed by atoms with van der Waals surface area (Å²) in [4.78, 5) is 14.9. The summed E-state index contributed by atoms with van der Waals surface area (Å²) in [6.45, 7) is 1.49. The summed E-state index contributed by atoms with van der Waals surface area (Å²) in [5, 5.41) is 19.7. The first kappa shape index (κ1) is 16.3. The van der Waals surface area contributed by atoms with Gasteiger partial charge in [0, 0.05) is 23.9 Å². The van der Waals surface area contributed by atoms with Crippen molar-refractivity contribution in [2.45, 2.75) is 6.92 Å². The predicted molar refractivity (Wildman–Crippen MR) is 81.6 cm³/mol. The van der Waals surface area contributed by atoms with E-state index in [9.17, 15) is 9.90 Å². The summed E-state index contributed by atoms with van der Waals surface area (Å²) in [6, 6.07) is 6.61. The molecule has 20 heavy (non-hydrogen) atoms. The number of hydrogen-bond acceptors (Lipinski definition) is 3. The van der Waals surface area contributed by atoms with E-state index >= 15 is 0 Å². The lowest BCUT2D eigenvalue weighted by Crippen LogP contribution is -2.12. The number of aliphatic hydroxyl groups is 1. The number of rotatable bonds is 4. The highest BCUT2D eigenvalue weighted by Gasteiger charge is 2.16. The summed E-state index contributed by atoms with van der Waals surface area (Å²) in [6.07, 6.45) is 1.17. The summed E-state index contributed by atoms with van der Waals surface area (Å²) in [5.74, 6) is -1.73. The number of benzene rings is 1. The van der Waals surface area contributed by atoms with E-state index in [1.165, 1.54) is 20.0 Å². The normalized spacial score (nSPS) is 14.0. The lowest BCUT2D eigenvalue weighted by molar-refractivity contribution is -0.132. The average Bonchev–Trinajstić information content (AvgIpc) is 2.38. The van der Waals surface area contributed by atoms with Crippen LogP contribution in [0.5, 0.6) is 0 Å². The van der Waals surface area contributed by atoms with Gasteiger partial charge >= 0.3 is 5.97 Å². The first-order valence-corrected chi connectivity index (χ1v) is 6.35. The van der Waals surface area contributed by atoms with Gasteiger partial charge in [-0.2, -0.15) is 0 Å². The van der Waals surface area contributed by atoms with Crippen LogP contribution in [0.1, 0.15) is 12.5 Å². The molecule has 1 rings (SSSR count). The minimum Gasteiger partial charge on any atom is -0.507 e. The fraction of sp³-hybridized carbons (Fsp3) is 0.143. The fourth-order valence-electron chi connectivity index (χ4n) is 1.45. The second-order valence-corrected chi connectivity index (χ2v) is 4.72. The van der Waals surface area contributed by atoms with Crippen molar-refractivity contribution < 1.29 is 15.0 Å². The van der Waals surface area contributed by atoms with Crippen LogP contribution in [0.3, 0.4) is 0 Å². The molecule has 2 N–H and O–H groups in total. The van der Waals surface area contributed by atoms with E-state index in [0.717, 1.165) is 0 Å². The summed E-state index contributed by atoms with van der Waals surface area (Å²) >= 11 is 11.8. The van der Waals surface area contributed by atoms with Gasteiger partial charge in [-0.3, -0.25) is 4.99 Å². The van der Waals surface area contributed by atoms with Crippen LogP contribution in [0.2, 0.25) is 5.02 Å². The second-order valence-electron chi connectivity index (χ2n) is 3.87. The van der Waals surface area contributed by atoms with Crippen LogP contribution in [-0.4, -0.2) is 28.9 Å². The van der Waals surface area contributed by atoms with Gasteiger partial charge in [-0.15, -0.1) is 0 Å². The molecule has 0 radical (unpaired) electrons. The van der Waals surface area contributed by atoms with E-state index in [2.05, 4.69) is 4.99 Å². The topological polar surface area (TPSA) is 69.9 Å². The molecule has 0 aliphatic carbocycles. The molecular formula is C14H13Cl2NO3. The highest BCUT2D eigenvalue weighted by molar-refractivity contribution is 6.49. The zero-order valence-corrected chi connectivity index (χ0v) is 12.4. The molecule has 0 fully saturated rings. The van der Waals surface area contributed by atoms with E-state index in [1.54, 1.807) is 24.3 Å². The van der Waals surface area contributed by atoms with Crippen molar-refractivity contribution in [3.63, 3.8) is 0 Å². The molecule has 106 valence electrons. The SMILES string of the molecule is CN=C(C)C(C(=O)O)=C(O)C=C(Cl)c1ccc(Cl)cc1. The number of carboxylic acids is 1. The Morgan fingerprint density at radius 2 is 1.80 bits per heavy atom. The number of aliphatic hydroxyl groups excluding tert-OH is 1. The van der Waals surface area contributed by atoms with E-state index in [0.29, 0.717) is 10.6 Å². The van der Waals surface area contributed by atoms with Crippen molar-refractivity contribution in [3.05, 3.63) is 52.3 Å². The summed E-state index contributed by atoms with van der Waals surface area (Å²) in [7, 11) is 1.44. The molecule has 0 aliphatic heterocycles. The Bertz CT molecular complexity index is 601. The summed E-state index contributed by atoms with van der Waals surface area (Å²) in [5.41, 5.74) is 0.518. The number of halogens is 2. The average molecular weight is 314 g/mol. The predicted octanol–water partition coefficient (Wildman–Crippen LogP) is 3.91. The van der Waals surface area contributed by atoms with Gasteiger partial charge in [-0.1, -0.05) is 35.3 Å². The number of carbonyl (C=O) groups is 1. The molecule has 6 heteroatoms. The van der Waals surface area contributed by atoms with Gasteiger partial charge in [0.2, 0.25) is 0 Å². The van der Waals surface area contributed by atoms with Gasteiger partial charge in [-0.25, -0.2) is 4.79 Å². The van der Waals surface area contributed by atoms with Crippen molar-refractivity contribution >= 4 is 39.9 Å². The maximum Gasteiger partial charge on any atom is 0.341 e. The van der Waals surface area contributed by atoms with Crippen LogP contribution < -0.4 is 0 Å². The minimum absolute atomic E-state index is 0.196. The first-order valence-electron chi connectivity index (χ1n) is 5.60. The van der Waals surface area contributed by atoms with Gasteiger partial charge in [0.1, 0.15) is 11.3 Å². The molecule has 1 aromatic carbocycles. The maximum absolute atomic E-state index is 11.1. The number of allylic oxidation sites excluding steroid dienone is 1. The molecule has 0 unspecified atom stereocenters. The first-order chi connectivity index (χ1) is 9.36. The maximum atomic E-state index is 11.1. The highest BCUT2D eigenvalue weighted by atomic mass is 35.5. The Balaban J connectivity index is 3.25. The Labute approximate surface area is 126 Å². The van der Waals surface area contributed by atoms with Crippen molar-refractivity contribution in [3.8, 4) is 0 Å². The standard InChI is InChI=1S/C14H13Cl2NO3/c1-8(17-2)13(14(19)20)12(18)7-11(16)9-3-5-10(15)6-4-9/h3-7,18H,1-2H3,(H,19,20). The second kappa shape index (κ2) is 7.12. The third-order valence-electron chi connectivity index (χ3n) is 2.55. The molecule has 1 aromatic rings. The molecule has 0 bridgehead atoms. The molecule has 0 heterocycles. The Hall–Kier alpha value is -1.78. The van der Waals surface area contributed by atoms with Crippen LogP contribution in [0.4, 0.5) is 0 Å². The molecule has 0 amide bonds. The zero-order chi connectivity index (χ0) is 15.3. The van der Waals surface area contributed by atoms with Crippen LogP contribution in [0.25, 0.3) is 5.03 Å². The van der Waals surface area contributed by atoms with E-state index in [1.807, 2.05) is 0 Å². The number of aliphatic carboxylic acids is 1. The van der Waals surface area contributed by atoms with Crippen molar-refractivity contribution in [1.29, 1.82) is 0 Å². The van der Waals surface area contributed by atoms with E-state index < -0.39 is 11.7 Å². The van der Waals surface area contributed by atoms with Gasteiger partial charge in [-0.05, 0) is 24.6 Å². The van der Waals surface area contributed by atoms with E-state index in [4.69, 9.17) is 28.3 Å². The quantitative estimate of drug-likeness (QED) is 0.383. The number of carboxylic acid groups (broad SMARTS) is 1. The molecule has 0 aliphatic rings. The number of hydrogen-bond donors (Lipinski definition) is 2. The lowest BCUT2D eigenvalue weighted by atomic mass is 10.1. The van der Waals surface area contributed by atoms with Crippen molar-refractivity contribution in [1.82, 2.24) is 0 Å². The van der Waals surface area contributed by atoms with Crippen LogP contribution >= 0.6 is 23.2 Å². The van der Waals surface area contributed by atoms with E-state index in [-0.39, 0.29) is 16.3 Å². The lowest BCUT2D eigenvalue weighted by Gasteiger charge is -2.04. The molecular weight excluding hydrogens is 301 g/mol. The number of aliphatic imine (C=N–C) groups is 1. The Kier molecular flexibility index (Phi) is 5.80. The van der Waals surface area contributed by atoms with Crippen LogP contribution in [0.15, 0.2) is 46.7 Å². The third kappa shape index (κ3) is 4.11. The fourth-order valence-corrected chi connectivity index (χ4v) is 1.80. The van der Waals surface area contributed by atoms with Gasteiger partial charge in [0.15, 0.2) is 0 Å². The number of nitrogens with zero attached hydrogens (tertiary/aromatic N) is 1. The molecule has 0 aromatic heterocycles. The Morgan fingerprint density at radius 1 is 1.25 bits per heavy atom. The molecule has 0 spiro atoms. The molecule has 4 nitrogen and oxygen atoms in total.